The zero-order chi connectivity index (χ0) is 24.8. The summed E-state index contributed by atoms with van der Waals surface area (Å²) in [5.74, 6) is -1.13. The van der Waals surface area contributed by atoms with Crippen molar-refractivity contribution in [3.05, 3.63) is 71.3 Å². The molecule has 1 saturated carbocycles. The summed E-state index contributed by atoms with van der Waals surface area (Å²) in [4.78, 5) is 36.0. The van der Waals surface area contributed by atoms with Gasteiger partial charge in [-0.25, -0.2) is 4.79 Å². The molecule has 2 aliphatic rings. The van der Waals surface area contributed by atoms with Gasteiger partial charge < -0.3 is 20.5 Å². The second kappa shape index (κ2) is 11.2. The number of ether oxygens (including phenoxy) is 1. The number of benzene rings is 2. The van der Waals surface area contributed by atoms with E-state index in [-0.39, 0.29) is 43.4 Å². The minimum absolute atomic E-state index is 0.00884. The number of nitrogens with one attached hydrogen (secondary N) is 2. The Morgan fingerprint density at radius 3 is 2.29 bits per heavy atom. The lowest BCUT2D eigenvalue weighted by molar-refractivity contribution is -0.139. The second-order valence-corrected chi connectivity index (χ2v) is 9.32. The Hall–Kier alpha value is -3.61. The van der Waals surface area contributed by atoms with E-state index in [4.69, 9.17) is 9.84 Å². The van der Waals surface area contributed by atoms with Crippen LogP contribution in [0.15, 0.2) is 60.2 Å². The number of fused-ring (bicyclic) bond motifs is 3. The molecule has 7 nitrogen and oxygen atoms in total. The van der Waals surface area contributed by atoms with E-state index in [2.05, 4.69) is 34.9 Å². The zero-order valence-electron chi connectivity index (χ0n) is 20.0. The molecule has 184 valence electrons. The van der Waals surface area contributed by atoms with Crippen LogP contribution in [0.2, 0.25) is 0 Å². The monoisotopic (exact) mass is 476 g/mol. The molecule has 0 aliphatic heterocycles. The molecular formula is C28H32N2O5. The van der Waals surface area contributed by atoms with Crippen molar-refractivity contribution in [1.82, 2.24) is 10.6 Å². The van der Waals surface area contributed by atoms with Gasteiger partial charge >= 0.3 is 12.1 Å². The summed E-state index contributed by atoms with van der Waals surface area (Å²) in [6.07, 6.45) is 4.74. The van der Waals surface area contributed by atoms with Crippen LogP contribution in [0.25, 0.3) is 11.1 Å². The normalized spacial score (nSPS) is 19.4. The van der Waals surface area contributed by atoms with Crippen molar-refractivity contribution in [3.8, 4) is 11.1 Å². The number of alkyl carbamates (subject to hydrolysis) is 1. The van der Waals surface area contributed by atoms with Gasteiger partial charge in [0.2, 0.25) is 5.91 Å². The lowest BCUT2D eigenvalue weighted by Crippen LogP contribution is -2.43. The van der Waals surface area contributed by atoms with Gasteiger partial charge in [0.1, 0.15) is 6.61 Å². The zero-order valence-corrected chi connectivity index (χ0v) is 20.0. The van der Waals surface area contributed by atoms with Crippen LogP contribution >= 0.6 is 0 Å². The number of carboxylic acids is 1. The van der Waals surface area contributed by atoms with E-state index in [1.54, 1.807) is 13.0 Å². The van der Waals surface area contributed by atoms with Crippen LogP contribution in [0.1, 0.15) is 56.1 Å². The van der Waals surface area contributed by atoms with Gasteiger partial charge in [-0.1, -0.05) is 67.4 Å². The highest BCUT2D eigenvalue weighted by Gasteiger charge is 2.30. The highest BCUT2D eigenvalue weighted by Crippen LogP contribution is 2.44. The van der Waals surface area contributed by atoms with E-state index >= 15 is 0 Å². The Bertz CT molecular complexity index is 1080. The Labute approximate surface area is 205 Å². The third-order valence-electron chi connectivity index (χ3n) is 7.02. The highest BCUT2D eigenvalue weighted by atomic mass is 16.5. The topological polar surface area (TPSA) is 105 Å². The van der Waals surface area contributed by atoms with Crippen LogP contribution in [0.4, 0.5) is 4.79 Å². The molecule has 4 rings (SSSR count). The average Bonchev–Trinajstić information content (AvgIpc) is 3.17. The molecule has 2 amide bonds. The molecule has 0 spiro atoms. The molecule has 0 radical (unpaired) electrons. The van der Waals surface area contributed by atoms with Gasteiger partial charge in [0.15, 0.2) is 0 Å². The number of amides is 2. The number of hydrogen-bond acceptors (Lipinski definition) is 4. The first-order chi connectivity index (χ1) is 16.9. The number of carbonyl (C=O) groups is 3. The number of aliphatic carboxylic acids is 1. The maximum Gasteiger partial charge on any atom is 0.407 e. The van der Waals surface area contributed by atoms with Crippen LogP contribution < -0.4 is 10.6 Å². The second-order valence-electron chi connectivity index (χ2n) is 9.32. The van der Waals surface area contributed by atoms with Crippen molar-refractivity contribution in [1.29, 1.82) is 0 Å². The van der Waals surface area contributed by atoms with Crippen LogP contribution in [-0.4, -0.2) is 42.3 Å². The number of hydrogen-bond donors (Lipinski definition) is 3. The summed E-state index contributed by atoms with van der Waals surface area (Å²) in [5, 5.41) is 14.8. The summed E-state index contributed by atoms with van der Waals surface area (Å²) in [6, 6.07) is 16.2. The summed E-state index contributed by atoms with van der Waals surface area (Å²) < 4.78 is 5.52. The Morgan fingerprint density at radius 1 is 1.00 bits per heavy atom. The third kappa shape index (κ3) is 5.91. The fourth-order valence-corrected chi connectivity index (χ4v) is 5.18. The van der Waals surface area contributed by atoms with E-state index < -0.39 is 12.1 Å². The summed E-state index contributed by atoms with van der Waals surface area (Å²) in [7, 11) is 0. The predicted molar refractivity (Wildman–Crippen MR) is 133 cm³/mol. The van der Waals surface area contributed by atoms with Gasteiger partial charge in [0.25, 0.3) is 0 Å². The summed E-state index contributed by atoms with van der Waals surface area (Å²) in [6.45, 7) is 2.08. The fraction of sp³-hybridized carbons (Fsp3) is 0.393. The van der Waals surface area contributed by atoms with Crippen molar-refractivity contribution in [2.24, 2.45) is 5.92 Å². The minimum Gasteiger partial charge on any atom is -0.481 e. The van der Waals surface area contributed by atoms with Crippen LogP contribution in [0.5, 0.6) is 0 Å². The smallest absolute Gasteiger partial charge is 0.407 e. The van der Waals surface area contributed by atoms with E-state index in [1.807, 2.05) is 24.3 Å². The van der Waals surface area contributed by atoms with Crippen LogP contribution in [-0.2, 0) is 14.3 Å². The first-order valence-electron chi connectivity index (χ1n) is 12.2. The van der Waals surface area contributed by atoms with Gasteiger partial charge in [-0.3, -0.25) is 9.59 Å². The molecule has 0 bridgehead atoms. The molecule has 3 N–H and O–H groups in total. The van der Waals surface area contributed by atoms with Crippen molar-refractivity contribution < 1.29 is 24.2 Å². The van der Waals surface area contributed by atoms with Crippen molar-refractivity contribution in [2.45, 2.75) is 51.0 Å². The first kappa shape index (κ1) is 24.5. The standard InChI is InChI=1S/C28H32N2O5/c1-18(27(33)30-25-13-7-2-8-19(25)16-26(31)32)14-15-29-28(34)35-17-24-22-11-5-3-9-20(22)21-10-4-6-12-23(21)24/h3-6,9-12,14,19,24-25H,2,7-8,13,15-17H2,1H3,(H,29,34)(H,30,33)(H,31,32)/b18-14+/t19-,25-/m0/s1. The molecule has 2 aliphatic carbocycles. The predicted octanol–water partition coefficient (Wildman–Crippen LogP) is 4.62. The molecule has 7 heteroatoms. The molecule has 0 saturated heterocycles. The summed E-state index contributed by atoms with van der Waals surface area (Å²) >= 11 is 0. The molecule has 2 aromatic carbocycles. The highest BCUT2D eigenvalue weighted by molar-refractivity contribution is 5.93. The average molecular weight is 477 g/mol. The van der Waals surface area contributed by atoms with Gasteiger partial charge in [-0.15, -0.1) is 0 Å². The van der Waals surface area contributed by atoms with Crippen LogP contribution in [0, 0.1) is 5.92 Å². The Kier molecular flexibility index (Phi) is 7.85. The maximum absolute atomic E-state index is 12.6. The quantitative estimate of drug-likeness (QED) is 0.482. The van der Waals surface area contributed by atoms with E-state index in [0.717, 1.165) is 36.8 Å². The molecule has 0 unspecified atom stereocenters. The molecule has 2 aromatic rings. The number of rotatable bonds is 8. The molecule has 1 fully saturated rings. The van der Waals surface area contributed by atoms with Gasteiger partial charge in [-0.2, -0.15) is 0 Å². The first-order valence-corrected chi connectivity index (χ1v) is 12.2. The molecule has 0 aromatic heterocycles. The Balaban J connectivity index is 1.26. The van der Waals surface area contributed by atoms with Gasteiger partial charge in [0.05, 0.1) is 6.42 Å². The molecule has 35 heavy (non-hydrogen) atoms. The largest absolute Gasteiger partial charge is 0.481 e. The SMILES string of the molecule is C/C(=C\CNC(=O)OCC1c2ccccc2-c2ccccc21)C(=O)N[C@H]1CCCC[C@H]1CC(=O)O. The lowest BCUT2D eigenvalue weighted by Gasteiger charge is -2.31. The minimum atomic E-state index is -0.837. The van der Waals surface area contributed by atoms with Crippen molar-refractivity contribution in [2.75, 3.05) is 13.2 Å². The number of carboxylic acid groups (broad SMARTS) is 1. The maximum atomic E-state index is 12.6. The van der Waals surface area contributed by atoms with E-state index in [9.17, 15) is 14.4 Å². The fourth-order valence-electron chi connectivity index (χ4n) is 5.18. The third-order valence-corrected chi connectivity index (χ3v) is 7.02. The molecule has 2 atom stereocenters. The summed E-state index contributed by atoms with van der Waals surface area (Å²) in [5.41, 5.74) is 5.12. The lowest BCUT2D eigenvalue weighted by atomic mass is 9.82. The van der Waals surface area contributed by atoms with Crippen molar-refractivity contribution >= 4 is 18.0 Å². The van der Waals surface area contributed by atoms with Gasteiger partial charge in [-0.05, 0) is 47.9 Å². The molecular weight excluding hydrogens is 444 g/mol. The van der Waals surface area contributed by atoms with E-state index in [0.29, 0.717) is 5.57 Å². The van der Waals surface area contributed by atoms with Crippen LogP contribution in [0.3, 0.4) is 0 Å². The van der Waals surface area contributed by atoms with E-state index in [1.165, 1.54) is 11.1 Å². The van der Waals surface area contributed by atoms with Crippen molar-refractivity contribution in [3.63, 3.8) is 0 Å². The Morgan fingerprint density at radius 2 is 1.63 bits per heavy atom. The van der Waals surface area contributed by atoms with Gasteiger partial charge in [0, 0.05) is 24.1 Å². The molecule has 0 heterocycles. The number of carbonyl (C=O) groups excluding carboxylic acids is 2.